The summed E-state index contributed by atoms with van der Waals surface area (Å²) in [5, 5.41) is 22.8. The van der Waals surface area contributed by atoms with Gasteiger partial charge in [-0.1, -0.05) is 11.8 Å². The van der Waals surface area contributed by atoms with E-state index in [1.807, 2.05) is 0 Å². The van der Waals surface area contributed by atoms with E-state index in [1.165, 1.54) is 11.8 Å². The zero-order valence-corrected chi connectivity index (χ0v) is 10.4. The average Bonchev–Trinajstić information content (AvgIpc) is 2.41. The van der Waals surface area contributed by atoms with E-state index < -0.39 is 0 Å². The molecular weight excluding hydrogens is 248 g/mol. The Labute approximate surface area is 104 Å². The van der Waals surface area contributed by atoms with Crippen molar-refractivity contribution in [2.24, 2.45) is 4.99 Å². The normalized spacial score (nSPS) is 16.9. The molecule has 0 unspecified atom stereocenters. The lowest BCUT2D eigenvalue weighted by atomic mass is 10.1. The van der Waals surface area contributed by atoms with Crippen LogP contribution in [0, 0.1) is 0 Å². The maximum absolute atomic E-state index is 9.40. The van der Waals surface area contributed by atoms with Crippen LogP contribution < -0.4 is 5.32 Å². The minimum Gasteiger partial charge on any atom is -0.504 e. The van der Waals surface area contributed by atoms with Crippen LogP contribution in [0.3, 0.4) is 0 Å². The van der Waals surface area contributed by atoms with Gasteiger partial charge in [0.05, 0.1) is 0 Å². The predicted octanol–water partition coefficient (Wildman–Crippen LogP) is 1.74. The van der Waals surface area contributed by atoms with E-state index in [-0.39, 0.29) is 23.9 Å². The third-order valence-corrected chi connectivity index (χ3v) is 3.36. The second-order valence-corrected chi connectivity index (χ2v) is 4.29. The molecule has 88 valence electrons. The molecule has 16 heavy (non-hydrogen) atoms. The molecule has 0 saturated heterocycles. The first-order valence-corrected chi connectivity index (χ1v) is 5.45. The molecule has 1 aromatic rings. The topological polar surface area (TPSA) is 64.9 Å². The van der Waals surface area contributed by atoms with Crippen molar-refractivity contribution >= 4 is 29.3 Å². The molecule has 0 amide bonds. The quantitative estimate of drug-likeness (QED) is 0.622. The molecule has 0 spiro atoms. The van der Waals surface area contributed by atoms with Crippen LogP contribution in [0.5, 0.6) is 11.5 Å². The zero-order valence-electron chi connectivity index (χ0n) is 8.73. The van der Waals surface area contributed by atoms with E-state index in [0.29, 0.717) is 0 Å². The summed E-state index contributed by atoms with van der Waals surface area (Å²) >= 11 is 1.47. The number of aromatic hydroxyl groups is 2. The van der Waals surface area contributed by atoms with Gasteiger partial charge in [0, 0.05) is 18.5 Å². The summed E-state index contributed by atoms with van der Waals surface area (Å²) in [6.45, 7) is 0.789. The summed E-state index contributed by atoms with van der Waals surface area (Å²) in [4.78, 5) is 5.02. The number of nitrogens with zero attached hydrogens (tertiary/aromatic N) is 1. The molecule has 1 aliphatic heterocycles. The molecule has 0 saturated carbocycles. The lowest BCUT2D eigenvalue weighted by Gasteiger charge is -2.06. The van der Waals surface area contributed by atoms with Crippen molar-refractivity contribution in [3.05, 3.63) is 17.7 Å². The number of thioether (sulfide) groups is 1. The molecule has 0 radical (unpaired) electrons. The van der Waals surface area contributed by atoms with Crippen molar-refractivity contribution in [1.29, 1.82) is 0 Å². The molecule has 6 heteroatoms. The third-order valence-electron chi connectivity index (χ3n) is 2.24. The standard InChI is InChI=1S/C10H12N2O2S.ClH/c1-11-10-12-3-2-6-4-7(13)8(14)5-9(6)15-10;/h4-5,13-14H,2-3H2,1H3,(H,11,12);1H. The molecule has 1 aliphatic rings. The van der Waals surface area contributed by atoms with E-state index in [0.717, 1.165) is 28.6 Å². The highest BCUT2D eigenvalue weighted by atomic mass is 35.5. The van der Waals surface area contributed by atoms with Gasteiger partial charge in [-0.3, -0.25) is 4.99 Å². The molecule has 1 aromatic carbocycles. The van der Waals surface area contributed by atoms with Crippen LogP contribution in [0.15, 0.2) is 22.0 Å². The molecule has 4 nitrogen and oxygen atoms in total. The summed E-state index contributed by atoms with van der Waals surface area (Å²) in [6.07, 6.45) is 0.815. The monoisotopic (exact) mass is 260 g/mol. The zero-order chi connectivity index (χ0) is 10.8. The first-order chi connectivity index (χ1) is 7.20. The third kappa shape index (κ3) is 2.54. The lowest BCUT2D eigenvalue weighted by Crippen LogP contribution is -2.20. The van der Waals surface area contributed by atoms with E-state index in [2.05, 4.69) is 10.3 Å². The van der Waals surface area contributed by atoms with Crippen LogP contribution in [-0.4, -0.2) is 29.0 Å². The van der Waals surface area contributed by atoms with Gasteiger partial charge in [0.15, 0.2) is 16.7 Å². The van der Waals surface area contributed by atoms with Gasteiger partial charge in [-0.25, -0.2) is 0 Å². The number of halogens is 1. The number of phenols is 2. The maximum Gasteiger partial charge on any atom is 0.161 e. The molecule has 0 aliphatic carbocycles. The minimum absolute atomic E-state index is 0. The Kier molecular flexibility index (Phi) is 4.32. The van der Waals surface area contributed by atoms with Gasteiger partial charge >= 0.3 is 0 Å². The summed E-state index contributed by atoms with van der Waals surface area (Å²) < 4.78 is 0. The smallest absolute Gasteiger partial charge is 0.161 e. The van der Waals surface area contributed by atoms with Crippen LogP contribution in [0.4, 0.5) is 0 Å². The number of hydrogen-bond donors (Lipinski definition) is 3. The highest BCUT2D eigenvalue weighted by Crippen LogP contribution is 2.35. The minimum atomic E-state index is -0.0846. The fraction of sp³-hybridized carbons (Fsp3) is 0.300. The molecule has 0 bridgehead atoms. The van der Waals surface area contributed by atoms with Crippen LogP contribution >= 0.6 is 24.2 Å². The Balaban J connectivity index is 0.00000128. The number of phenolic OH excluding ortho intramolecular Hbond substituents is 2. The fourth-order valence-corrected chi connectivity index (χ4v) is 2.40. The lowest BCUT2D eigenvalue weighted by molar-refractivity contribution is 0.401. The molecule has 3 N–H and O–H groups in total. The Hall–Kier alpha value is -1.07. The van der Waals surface area contributed by atoms with Gasteiger partial charge in [-0.15, -0.1) is 12.4 Å². The summed E-state index contributed by atoms with van der Waals surface area (Å²) in [5.74, 6) is -0.148. The van der Waals surface area contributed by atoms with Gasteiger partial charge in [0.1, 0.15) is 0 Å². The van der Waals surface area contributed by atoms with Crippen LogP contribution in [0.1, 0.15) is 5.56 Å². The first kappa shape index (κ1) is 13.0. The van der Waals surface area contributed by atoms with Gasteiger partial charge in [0.2, 0.25) is 0 Å². The maximum atomic E-state index is 9.40. The second kappa shape index (κ2) is 5.32. The second-order valence-electron chi connectivity index (χ2n) is 3.26. The van der Waals surface area contributed by atoms with E-state index in [4.69, 9.17) is 0 Å². The van der Waals surface area contributed by atoms with Crippen molar-refractivity contribution < 1.29 is 10.2 Å². The Morgan fingerprint density at radius 2 is 2.00 bits per heavy atom. The largest absolute Gasteiger partial charge is 0.504 e. The van der Waals surface area contributed by atoms with E-state index >= 15 is 0 Å². The summed E-state index contributed by atoms with van der Waals surface area (Å²) in [5.41, 5.74) is 1.03. The molecular formula is C10H13ClN2O2S. The van der Waals surface area contributed by atoms with Gasteiger partial charge in [-0.2, -0.15) is 0 Å². The molecule has 0 aromatic heterocycles. The number of aliphatic imine (C=N–C) groups is 1. The Morgan fingerprint density at radius 1 is 1.31 bits per heavy atom. The van der Waals surface area contributed by atoms with Gasteiger partial charge in [-0.05, 0) is 24.1 Å². The van der Waals surface area contributed by atoms with Crippen LogP contribution in [0.25, 0.3) is 0 Å². The highest BCUT2D eigenvalue weighted by Gasteiger charge is 2.14. The van der Waals surface area contributed by atoms with Gasteiger partial charge < -0.3 is 15.5 Å². The molecule has 2 rings (SSSR count). The summed E-state index contributed by atoms with van der Waals surface area (Å²) in [7, 11) is 1.72. The van der Waals surface area contributed by atoms with Crippen molar-refractivity contribution in [1.82, 2.24) is 5.32 Å². The van der Waals surface area contributed by atoms with E-state index in [1.54, 1.807) is 19.2 Å². The Bertz CT molecular complexity index is 424. The Morgan fingerprint density at radius 3 is 2.69 bits per heavy atom. The summed E-state index contributed by atoms with van der Waals surface area (Å²) in [6, 6.07) is 3.19. The number of nitrogens with one attached hydrogen (secondary N) is 1. The molecule has 0 atom stereocenters. The molecule has 0 fully saturated rings. The van der Waals surface area contributed by atoms with Crippen molar-refractivity contribution in [3.63, 3.8) is 0 Å². The fourth-order valence-electron chi connectivity index (χ4n) is 1.46. The number of benzene rings is 1. The molecule has 1 heterocycles. The number of fused-ring (bicyclic) bond motifs is 1. The number of hydrogen-bond acceptors (Lipinski definition) is 4. The SMILES string of the molecule is CN=C1NCCc2cc(O)c(O)cc2S1.Cl. The van der Waals surface area contributed by atoms with Crippen molar-refractivity contribution in [3.8, 4) is 11.5 Å². The number of rotatable bonds is 0. The average molecular weight is 261 g/mol. The van der Waals surface area contributed by atoms with Crippen molar-refractivity contribution in [2.75, 3.05) is 13.6 Å². The van der Waals surface area contributed by atoms with Crippen LogP contribution in [-0.2, 0) is 6.42 Å². The van der Waals surface area contributed by atoms with E-state index in [9.17, 15) is 10.2 Å². The number of amidine groups is 1. The predicted molar refractivity (Wildman–Crippen MR) is 67.9 cm³/mol. The highest BCUT2D eigenvalue weighted by molar-refractivity contribution is 8.13. The van der Waals surface area contributed by atoms with Crippen LogP contribution in [0.2, 0.25) is 0 Å². The first-order valence-electron chi connectivity index (χ1n) is 4.64. The van der Waals surface area contributed by atoms with Crippen molar-refractivity contribution in [2.45, 2.75) is 11.3 Å². The van der Waals surface area contributed by atoms with Gasteiger partial charge in [0.25, 0.3) is 0 Å².